The summed E-state index contributed by atoms with van der Waals surface area (Å²) in [6.45, 7) is 2.43. The molecule has 5 heteroatoms. The normalized spacial score (nSPS) is 19.2. The van der Waals surface area contributed by atoms with Gasteiger partial charge in [0, 0.05) is 6.04 Å². The van der Waals surface area contributed by atoms with Crippen molar-refractivity contribution in [3.8, 4) is 5.75 Å². The van der Waals surface area contributed by atoms with E-state index in [0.29, 0.717) is 30.9 Å². The summed E-state index contributed by atoms with van der Waals surface area (Å²) in [5.74, 6) is 0.297. The second kappa shape index (κ2) is 6.60. The van der Waals surface area contributed by atoms with Crippen molar-refractivity contribution in [2.24, 2.45) is 5.41 Å². The van der Waals surface area contributed by atoms with E-state index in [2.05, 4.69) is 10.6 Å². The van der Waals surface area contributed by atoms with Gasteiger partial charge < -0.3 is 15.4 Å². The van der Waals surface area contributed by atoms with Crippen LogP contribution in [0.5, 0.6) is 5.75 Å². The van der Waals surface area contributed by atoms with E-state index in [1.807, 2.05) is 25.1 Å². The van der Waals surface area contributed by atoms with Crippen LogP contribution in [0.1, 0.15) is 45.4 Å². The summed E-state index contributed by atoms with van der Waals surface area (Å²) in [6.07, 6.45) is 5.60. The third kappa shape index (κ3) is 3.33. The summed E-state index contributed by atoms with van der Waals surface area (Å²) >= 11 is 0. The number of benzene rings is 1. The van der Waals surface area contributed by atoms with E-state index in [1.54, 1.807) is 6.07 Å². The summed E-state index contributed by atoms with van der Waals surface area (Å²) in [5.41, 5.74) is -0.263. The maximum Gasteiger partial charge on any atom is 0.240 e. The fraction of sp³-hybridized carbons (Fsp3) is 0.556. The molecule has 0 bridgehead atoms. The Morgan fingerprint density at radius 3 is 2.52 bits per heavy atom. The third-order valence-electron chi connectivity index (χ3n) is 4.74. The van der Waals surface area contributed by atoms with E-state index < -0.39 is 5.41 Å². The van der Waals surface area contributed by atoms with Crippen LogP contribution in [0.15, 0.2) is 24.3 Å². The van der Waals surface area contributed by atoms with Crippen LogP contribution < -0.4 is 15.4 Å². The maximum atomic E-state index is 12.6. The number of hydrogen-bond acceptors (Lipinski definition) is 3. The highest BCUT2D eigenvalue weighted by molar-refractivity contribution is 6.13. The van der Waals surface area contributed by atoms with Gasteiger partial charge in [-0.2, -0.15) is 0 Å². The first kappa shape index (κ1) is 15.8. The Kier molecular flexibility index (Phi) is 4.55. The molecule has 1 aromatic rings. The standard InChI is InChI=1S/C18H24N2O3/c1-2-23-15-10-6-5-9-14(15)20-17(22)18(11-12-18)16(21)19-13-7-3-4-8-13/h5-6,9-10,13H,2-4,7-8,11-12H2,1H3,(H,19,21)(H,20,22). The summed E-state index contributed by atoms with van der Waals surface area (Å²) in [5, 5.41) is 5.94. The second-order valence-electron chi connectivity index (χ2n) is 6.42. The number of carbonyl (C=O) groups is 2. The fourth-order valence-corrected chi connectivity index (χ4v) is 3.17. The van der Waals surface area contributed by atoms with Crippen LogP contribution in [0.3, 0.4) is 0 Å². The number of amides is 2. The number of nitrogens with one attached hydrogen (secondary N) is 2. The topological polar surface area (TPSA) is 67.4 Å². The predicted octanol–water partition coefficient (Wildman–Crippen LogP) is 2.86. The van der Waals surface area contributed by atoms with Gasteiger partial charge in [-0.1, -0.05) is 25.0 Å². The first-order valence-corrected chi connectivity index (χ1v) is 8.50. The molecule has 0 atom stereocenters. The molecule has 2 N–H and O–H groups in total. The molecule has 124 valence electrons. The zero-order chi connectivity index (χ0) is 16.3. The lowest BCUT2D eigenvalue weighted by Gasteiger charge is -2.19. The second-order valence-corrected chi connectivity index (χ2v) is 6.42. The van der Waals surface area contributed by atoms with Crippen LogP contribution in [0, 0.1) is 5.41 Å². The Labute approximate surface area is 136 Å². The molecule has 0 radical (unpaired) electrons. The Bertz CT molecular complexity index is 590. The van der Waals surface area contributed by atoms with Crippen LogP contribution in [-0.2, 0) is 9.59 Å². The fourth-order valence-electron chi connectivity index (χ4n) is 3.17. The molecule has 3 rings (SSSR count). The largest absolute Gasteiger partial charge is 0.492 e. The average Bonchev–Trinajstić information content (AvgIpc) is 3.22. The van der Waals surface area contributed by atoms with Crippen LogP contribution in [0.4, 0.5) is 5.69 Å². The van der Waals surface area contributed by atoms with E-state index in [9.17, 15) is 9.59 Å². The van der Waals surface area contributed by atoms with E-state index in [-0.39, 0.29) is 17.9 Å². The van der Waals surface area contributed by atoms with Gasteiger partial charge in [0.15, 0.2) is 0 Å². The van der Waals surface area contributed by atoms with E-state index in [1.165, 1.54) is 0 Å². The van der Waals surface area contributed by atoms with Crippen molar-refractivity contribution in [2.75, 3.05) is 11.9 Å². The van der Waals surface area contributed by atoms with Gasteiger partial charge in [0.2, 0.25) is 11.8 Å². The lowest BCUT2D eigenvalue weighted by atomic mass is 10.0. The summed E-state index contributed by atoms with van der Waals surface area (Å²) in [4.78, 5) is 25.2. The van der Waals surface area contributed by atoms with E-state index in [0.717, 1.165) is 25.7 Å². The number of ether oxygens (including phenoxy) is 1. The Morgan fingerprint density at radius 1 is 1.17 bits per heavy atom. The molecule has 0 aromatic heterocycles. The van der Waals surface area contributed by atoms with Crippen LogP contribution in [-0.4, -0.2) is 24.5 Å². The van der Waals surface area contributed by atoms with Gasteiger partial charge in [0.1, 0.15) is 11.2 Å². The molecule has 2 aliphatic rings. The van der Waals surface area contributed by atoms with Gasteiger partial charge in [-0.3, -0.25) is 9.59 Å². The Hall–Kier alpha value is -2.04. The van der Waals surface area contributed by atoms with E-state index >= 15 is 0 Å². The molecule has 0 spiro atoms. The van der Waals surface area contributed by atoms with E-state index in [4.69, 9.17) is 4.74 Å². The van der Waals surface area contributed by atoms with Crippen molar-refractivity contribution in [3.63, 3.8) is 0 Å². The molecule has 0 saturated heterocycles. The van der Waals surface area contributed by atoms with Gasteiger partial charge in [-0.05, 0) is 44.7 Å². The van der Waals surface area contributed by atoms with Crippen LogP contribution in [0.25, 0.3) is 0 Å². The number of carbonyl (C=O) groups excluding carboxylic acids is 2. The van der Waals surface area contributed by atoms with Gasteiger partial charge in [0.25, 0.3) is 0 Å². The molecular weight excluding hydrogens is 292 g/mol. The summed E-state index contributed by atoms with van der Waals surface area (Å²) in [6, 6.07) is 7.56. The molecule has 2 aliphatic carbocycles. The highest BCUT2D eigenvalue weighted by Crippen LogP contribution is 2.47. The minimum atomic E-state index is -0.887. The first-order valence-electron chi connectivity index (χ1n) is 8.50. The quantitative estimate of drug-likeness (QED) is 0.793. The molecule has 2 saturated carbocycles. The van der Waals surface area contributed by atoms with Crippen molar-refractivity contribution in [1.29, 1.82) is 0 Å². The summed E-state index contributed by atoms with van der Waals surface area (Å²) in [7, 11) is 0. The van der Waals surface area contributed by atoms with Gasteiger partial charge in [0.05, 0.1) is 12.3 Å². The zero-order valence-corrected chi connectivity index (χ0v) is 13.6. The first-order chi connectivity index (χ1) is 11.2. The highest BCUT2D eigenvalue weighted by Gasteiger charge is 2.57. The molecule has 5 nitrogen and oxygen atoms in total. The van der Waals surface area contributed by atoms with Crippen molar-refractivity contribution >= 4 is 17.5 Å². The Balaban J connectivity index is 1.66. The lowest BCUT2D eigenvalue weighted by molar-refractivity contribution is -0.134. The van der Waals surface area contributed by atoms with Crippen molar-refractivity contribution in [2.45, 2.75) is 51.5 Å². The zero-order valence-electron chi connectivity index (χ0n) is 13.6. The lowest BCUT2D eigenvalue weighted by Crippen LogP contribution is -2.43. The van der Waals surface area contributed by atoms with Gasteiger partial charge in [-0.25, -0.2) is 0 Å². The van der Waals surface area contributed by atoms with Crippen molar-refractivity contribution in [3.05, 3.63) is 24.3 Å². The molecule has 2 fully saturated rings. The molecule has 0 heterocycles. The van der Waals surface area contributed by atoms with Crippen LogP contribution >= 0.6 is 0 Å². The monoisotopic (exact) mass is 316 g/mol. The average molecular weight is 316 g/mol. The molecule has 2 amide bonds. The predicted molar refractivity (Wildman–Crippen MR) is 88.3 cm³/mol. The molecule has 1 aromatic carbocycles. The number of anilines is 1. The number of para-hydroxylation sites is 2. The highest BCUT2D eigenvalue weighted by atomic mass is 16.5. The minimum Gasteiger partial charge on any atom is -0.492 e. The third-order valence-corrected chi connectivity index (χ3v) is 4.74. The van der Waals surface area contributed by atoms with Crippen LogP contribution in [0.2, 0.25) is 0 Å². The maximum absolute atomic E-state index is 12.6. The SMILES string of the molecule is CCOc1ccccc1NC(=O)C1(C(=O)NC2CCCC2)CC1. The molecule has 0 unspecified atom stereocenters. The van der Waals surface area contributed by atoms with Gasteiger partial charge >= 0.3 is 0 Å². The Morgan fingerprint density at radius 2 is 1.87 bits per heavy atom. The minimum absolute atomic E-state index is 0.115. The molecular formula is C18H24N2O3. The smallest absolute Gasteiger partial charge is 0.240 e. The van der Waals surface area contributed by atoms with Crippen molar-refractivity contribution < 1.29 is 14.3 Å². The number of rotatable bonds is 6. The summed E-state index contributed by atoms with van der Waals surface area (Å²) < 4.78 is 5.52. The number of hydrogen-bond donors (Lipinski definition) is 2. The molecule has 0 aliphatic heterocycles. The van der Waals surface area contributed by atoms with Crippen molar-refractivity contribution in [1.82, 2.24) is 5.32 Å². The van der Waals surface area contributed by atoms with Gasteiger partial charge in [-0.15, -0.1) is 0 Å². The molecule has 23 heavy (non-hydrogen) atoms.